The molecule has 25 heavy (non-hydrogen) atoms. The molecule has 0 saturated heterocycles. The highest BCUT2D eigenvalue weighted by Gasteiger charge is 2.31. The normalized spacial score (nSPS) is 13.9. The second-order valence-electron chi connectivity index (χ2n) is 6.60. The van der Waals surface area contributed by atoms with Crippen LogP contribution >= 0.6 is 0 Å². The van der Waals surface area contributed by atoms with Crippen molar-refractivity contribution >= 4 is 5.91 Å². The minimum absolute atomic E-state index is 0.0208. The largest absolute Gasteiger partial charge is 0.340 e. The third-order valence-corrected chi connectivity index (χ3v) is 4.49. The Hall–Kier alpha value is -2.27. The molecule has 0 unspecified atom stereocenters. The molecule has 132 valence electrons. The Morgan fingerprint density at radius 2 is 1.72 bits per heavy atom. The molecular weight excluding hydrogens is 322 g/mol. The van der Waals surface area contributed by atoms with Crippen LogP contribution in [0.1, 0.15) is 24.0 Å². The van der Waals surface area contributed by atoms with Crippen LogP contribution in [0.5, 0.6) is 0 Å². The van der Waals surface area contributed by atoms with Gasteiger partial charge in [-0.2, -0.15) is 0 Å². The zero-order chi connectivity index (χ0) is 17.8. The van der Waals surface area contributed by atoms with Gasteiger partial charge in [0.05, 0.1) is 6.54 Å². The van der Waals surface area contributed by atoms with Crippen molar-refractivity contribution in [3.05, 3.63) is 71.3 Å². The van der Waals surface area contributed by atoms with E-state index in [1.54, 1.807) is 36.2 Å². The molecule has 0 aliphatic heterocycles. The number of carbonyl (C=O) groups excluding carboxylic acids is 1. The lowest BCUT2D eigenvalue weighted by molar-refractivity contribution is -0.132. The van der Waals surface area contributed by atoms with Gasteiger partial charge < -0.3 is 4.90 Å². The van der Waals surface area contributed by atoms with Crippen molar-refractivity contribution in [3.8, 4) is 0 Å². The van der Waals surface area contributed by atoms with Crippen LogP contribution in [0.15, 0.2) is 48.5 Å². The zero-order valence-electron chi connectivity index (χ0n) is 14.3. The lowest BCUT2D eigenvalue weighted by Gasteiger charge is -2.25. The van der Waals surface area contributed by atoms with Gasteiger partial charge in [0.15, 0.2) is 0 Å². The van der Waals surface area contributed by atoms with Gasteiger partial charge in [0.2, 0.25) is 5.91 Å². The fraction of sp³-hybridized carbons (Fsp3) is 0.350. The summed E-state index contributed by atoms with van der Waals surface area (Å²) in [5, 5.41) is 0. The molecule has 1 aliphatic carbocycles. The van der Waals surface area contributed by atoms with Crippen LogP contribution in [-0.2, 0) is 17.9 Å². The molecule has 0 aromatic heterocycles. The van der Waals surface area contributed by atoms with E-state index in [4.69, 9.17) is 0 Å². The molecule has 5 heteroatoms. The summed E-state index contributed by atoms with van der Waals surface area (Å²) in [6.07, 6.45) is 2.09. The molecule has 1 amide bonds. The van der Waals surface area contributed by atoms with E-state index in [2.05, 4.69) is 0 Å². The first kappa shape index (κ1) is 17.5. The van der Waals surface area contributed by atoms with Gasteiger partial charge in [0.25, 0.3) is 0 Å². The molecule has 0 atom stereocenters. The number of halogens is 2. The van der Waals surface area contributed by atoms with Crippen LogP contribution in [0.2, 0.25) is 0 Å². The molecule has 0 heterocycles. The van der Waals surface area contributed by atoms with Crippen molar-refractivity contribution in [3.63, 3.8) is 0 Å². The van der Waals surface area contributed by atoms with Crippen molar-refractivity contribution < 1.29 is 13.6 Å². The third-order valence-electron chi connectivity index (χ3n) is 4.49. The van der Waals surface area contributed by atoms with Gasteiger partial charge in [-0.05, 0) is 36.6 Å². The minimum atomic E-state index is -0.289. The Bertz CT molecular complexity index is 729. The van der Waals surface area contributed by atoms with Gasteiger partial charge in [0, 0.05) is 31.7 Å². The SMILES string of the molecule is CN(Cc1ccc(F)cc1)C(=O)CN(Cc1ccccc1F)C1CC1. The van der Waals surface area contributed by atoms with Gasteiger partial charge in [0.1, 0.15) is 11.6 Å². The first-order valence-corrected chi connectivity index (χ1v) is 8.49. The summed E-state index contributed by atoms with van der Waals surface area (Å²) < 4.78 is 26.9. The summed E-state index contributed by atoms with van der Waals surface area (Å²) >= 11 is 0. The Balaban J connectivity index is 1.60. The molecule has 3 rings (SSSR count). The highest BCUT2D eigenvalue weighted by Crippen LogP contribution is 2.28. The summed E-state index contributed by atoms with van der Waals surface area (Å²) in [5.41, 5.74) is 1.49. The third kappa shape index (κ3) is 4.86. The van der Waals surface area contributed by atoms with Crippen LogP contribution in [0.3, 0.4) is 0 Å². The molecular formula is C20H22F2N2O. The molecule has 1 fully saturated rings. The van der Waals surface area contributed by atoms with E-state index in [1.807, 2.05) is 11.0 Å². The van der Waals surface area contributed by atoms with Gasteiger partial charge in [-0.1, -0.05) is 30.3 Å². The van der Waals surface area contributed by atoms with Gasteiger partial charge in [-0.3, -0.25) is 9.69 Å². The van der Waals surface area contributed by atoms with Crippen LogP contribution in [0, 0.1) is 11.6 Å². The topological polar surface area (TPSA) is 23.6 Å². The number of hydrogen-bond donors (Lipinski definition) is 0. The molecule has 1 saturated carbocycles. The van der Waals surface area contributed by atoms with Crippen molar-refractivity contribution in [2.45, 2.75) is 32.0 Å². The second-order valence-corrected chi connectivity index (χ2v) is 6.60. The molecule has 0 N–H and O–H groups in total. The summed E-state index contributed by atoms with van der Waals surface area (Å²) in [4.78, 5) is 16.2. The van der Waals surface area contributed by atoms with Crippen molar-refractivity contribution in [1.29, 1.82) is 0 Å². The highest BCUT2D eigenvalue weighted by molar-refractivity contribution is 5.78. The van der Waals surface area contributed by atoms with Gasteiger partial charge in [-0.25, -0.2) is 8.78 Å². The maximum Gasteiger partial charge on any atom is 0.236 e. The predicted octanol–water partition coefficient (Wildman–Crippen LogP) is 3.59. The van der Waals surface area contributed by atoms with E-state index < -0.39 is 0 Å². The lowest BCUT2D eigenvalue weighted by atomic mass is 10.2. The second kappa shape index (κ2) is 7.74. The fourth-order valence-corrected chi connectivity index (χ4v) is 2.85. The summed E-state index contributed by atoms with van der Waals surface area (Å²) in [7, 11) is 1.74. The molecule has 0 spiro atoms. The summed E-state index contributed by atoms with van der Waals surface area (Å²) in [6.45, 7) is 1.13. The van der Waals surface area contributed by atoms with Crippen LogP contribution in [0.25, 0.3) is 0 Å². The average Bonchev–Trinajstić information content (AvgIpc) is 3.43. The molecule has 0 radical (unpaired) electrons. The number of amides is 1. The van der Waals surface area contributed by atoms with Crippen LogP contribution in [-0.4, -0.2) is 35.3 Å². The quantitative estimate of drug-likeness (QED) is 0.766. The van der Waals surface area contributed by atoms with E-state index in [-0.39, 0.29) is 24.1 Å². The number of nitrogens with zero attached hydrogens (tertiary/aromatic N) is 2. The number of benzene rings is 2. The smallest absolute Gasteiger partial charge is 0.236 e. The Kier molecular flexibility index (Phi) is 5.43. The molecule has 0 bridgehead atoms. The molecule has 2 aromatic rings. The van der Waals surface area contributed by atoms with Crippen LogP contribution < -0.4 is 0 Å². The van der Waals surface area contributed by atoms with E-state index >= 15 is 0 Å². The first-order chi connectivity index (χ1) is 12.0. The van der Waals surface area contributed by atoms with Crippen LogP contribution in [0.4, 0.5) is 8.78 Å². The Morgan fingerprint density at radius 1 is 1.04 bits per heavy atom. The van der Waals surface area contributed by atoms with Crippen molar-refractivity contribution in [2.75, 3.05) is 13.6 Å². The Morgan fingerprint density at radius 3 is 2.36 bits per heavy atom. The number of rotatable bonds is 7. The molecule has 2 aromatic carbocycles. The molecule has 1 aliphatic rings. The highest BCUT2D eigenvalue weighted by atomic mass is 19.1. The van der Waals surface area contributed by atoms with E-state index in [9.17, 15) is 13.6 Å². The standard InChI is InChI=1S/C20H22F2N2O/c1-23(12-15-6-8-17(21)9-7-15)20(25)14-24(18-10-11-18)13-16-4-2-3-5-19(16)22/h2-9,18H,10-14H2,1H3. The van der Waals surface area contributed by atoms with E-state index in [0.717, 1.165) is 18.4 Å². The number of hydrogen-bond acceptors (Lipinski definition) is 2. The van der Waals surface area contributed by atoms with Gasteiger partial charge in [-0.15, -0.1) is 0 Å². The van der Waals surface area contributed by atoms with Crippen molar-refractivity contribution in [1.82, 2.24) is 9.80 Å². The van der Waals surface area contributed by atoms with Gasteiger partial charge >= 0.3 is 0 Å². The van der Waals surface area contributed by atoms with E-state index in [0.29, 0.717) is 24.7 Å². The minimum Gasteiger partial charge on any atom is -0.340 e. The predicted molar refractivity (Wildman–Crippen MR) is 92.7 cm³/mol. The summed E-state index contributed by atoms with van der Waals surface area (Å²) in [5.74, 6) is -0.546. The molecule has 3 nitrogen and oxygen atoms in total. The maximum atomic E-state index is 13.9. The zero-order valence-corrected chi connectivity index (χ0v) is 14.3. The first-order valence-electron chi connectivity index (χ1n) is 8.49. The maximum absolute atomic E-state index is 13.9. The number of carbonyl (C=O) groups is 1. The van der Waals surface area contributed by atoms with E-state index in [1.165, 1.54) is 18.2 Å². The Labute approximate surface area is 146 Å². The fourth-order valence-electron chi connectivity index (χ4n) is 2.85. The monoisotopic (exact) mass is 344 g/mol. The number of likely N-dealkylation sites (N-methyl/N-ethyl adjacent to an activating group) is 1. The van der Waals surface area contributed by atoms with Crippen molar-refractivity contribution in [2.24, 2.45) is 0 Å². The average molecular weight is 344 g/mol. The lowest BCUT2D eigenvalue weighted by Crippen LogP contribution is -2.39. The summed E-state index contributed by atoms with van der Waals surface area (Å²) in [6, 6.07) is 13.2.